The molecular weight excluding hydrogens is 387 g/mol. The summed E-state index contributed by atoms with van der Waals surface area (Å²) >= 11 is 12.5. The van der Waals surface area contributed by atoms with E-state index < -0.39 is 6.04 Å². The highest BCUT2D eigenvalue weighted by atomic mass is 35.5. The molecular formula is C20H22Cl2N2O3. The number of hydrogen-bond donors (Lipinski definition) is 1. The summed E-state index contributed by atoms with van der Waals surface area (Å²) in [6, 6.07) is 11.7. The van der Waals surface area contributed by atoms with Crippen LogP contribution in [-0.2, 0) is 22.6 Å². The predicted octanol–water partition coefficient (Wildman–Crippen LogP) is 3.71. The molecule has 0 spiro atoms. The Kier molecular flexibility index (Phi) is 7.51. The van der Waals surface area contributed by atoms with Gasteiger partial charge in [-0.2, -0.15) is 0 Å². The zero-order valence-corrected chi connectivity index (χ0v) is 17.0. The minimum atomic E-state index is -0.673. The molecule has 0 aliphatic rings. The molecule has 0 saturated heterocycles. The Morgan fingerprint density at radius 3 is 2.22 bits per heavy atom. The van der Waals surface area contributed by atoms with Gasteiger partial charge in [-0.3, -0.25) is 9.59 Å². The van der Waals surface area contributed by atoms with Gasteiger partial charge in [0.2, 0.25) is 11.8 Å². The number of likely N-dealkylation sites (N-methyl/N-ethyl adjacent to an activating group) is 1. The van der Waals surface area contributed by atoms with E-state index in [1.165, 1.54) is 11.9 Å². The van der Waals surface area contributed by atoms with Crippen molar-refractivity contribution in [1.82, 2.24) is 10.2 Å². The topological polar surface area (TPSA) is 58.6 Å². The van der Waals surface area contributed by atoms with Gasteiger partial charge in [0, 0.05) is 29.2 Å². The molecule has 0 radical (unpaired) electrons. The number of ether oxygens (including phenoxy) is 1. The van der Waals surface area contributed by atoms with Gasteiger partial charge in [-0.25, -0.2) is 0 Å². The Morgan fingerprint density at radius 1 is 1.11 bits per heavy atom. The fourth-order valence-electron chi connectivity index (χ4n) is 2.66. The van der Waals surface area contributed by atoms with E-state index in [9.17, 15) is 9.59 Å². The first kappa shape index (κ1) is 21.1. The van der Waals surface area contributed by atoms with E-state index in [-0.39, 0.29) is 24.8 Å². The van der Waals surface area contributed by atoms with Crippen molar-refractivity contribution in [2.45, 2.75) is 25.9 Å². The van der Waals surface area contributed by atoms with Gasteiger partial charge < -0.3 is 15.0 Å². The van der Waals surface area contributed by atoms with E-state index in [0.717, 1.165) is 5.56 Å². The second-order valence-corrected chi connectivity index (χ2v) is 6.85. The van der Waals surface area contributed by atoms with Crippen LogP contribution < -0.4 is 10.1 Å². The monoisotopic (exact) mass is 408 g/mol. The first-order chi connectivity index (χ1) is 12.9. The van der Waals surface area contributed by atoms with Crippen molar-refractivity contribution >= 4 is 35.0 Å². The Balaban J connectivity index is 2.27. The molecule has 5 nitrogen and oxygen atoms in total. The number of nitrogens with zero attached hydrogens (tertiary/aromatic N) is 1. The maximum absolute atomic E-state index is 13.0. The Morgan fingerprint density at radius 2 is 1.70 bits per heavy atom. The zero-order chi connectivity index (χ0) is 20.0. The average molecular weight is 409 g/mol. The number of carbonyl (C=O) groups is 2. The molecule has 0 fully saturated rings. The third kappa shape index (κ3) is 5.37. The lowest BCUT2D eigenvalue weighted by Gasteiger charge is -2.29. The van der Waals surface area contributed by atoms with Crippen molar-refractivity contribution in [2.75, 3.05) is 14.2 Å². The van der Waals surface area contributed by atoms with Crippen LogP contribution in [0.1, 0.15) is 18.1 Å². The minimum absolute atomic E-state index is 0.141. The zero-order valence-electron chi connectivity index (χ0n) is 15.5. The molecule has 1 atom stereocenters. The highest BCUT2D eigenvalue weighted by Crippen LogP contribution is 2.27. The number of methoxy groups -OCH3 is 1. The maximum Gasteiger partial charge on any atom is 0.242 e. The second kappa shape index (κ2) is 9.62. The lowest BCUT2D eigenvalue weighted by molar-refractivity contribution is -0.139. The number of carbonyl (C=O) groups excluding carboxylic acids is 2. The highest BCUT2D eigenvalue weighted by molar-refractivity contribution is 6.36. The number of amides is 2. The fourth-order valence-corrected chi connectivity index (χ4v) is 3.18. The predicted molar refractivity (Wildman–Crippen MR) is 107 cm³/mol. The van der Waals surface area contributed by atoms with Gasteiger partial charge in [0.15, 0.2) is 0 Å². The van der Waals surface area contributed by atoms with Gasteiger partial charge in [-0.15, -0.1) is 0 Å². The summed E-state index contributed by atoms with van der Waals surface area (Å²) in [5.74, 6) is 0.248. The number of rotatable bonds is 7. The van der Waals surface area contributed by atoms with Crippen LogP contribution in [0.5, 0.6) is 5.75 Å². The van der Waals surface area contributed by atoms with Gasteiger partial charge in [0.05, 0.1) is 13.5 Å². The highest BCUT2D eigenvalue weighted by Gasteiger charge is 2.26. The SMILES string of the molecule is CNC(=O)[C@@H](C)N(Cc1c(Cl)cccc1Cl)C(=O)Cc1ccc(OC)cc1. The van der Waals surface area contributed by atoms with E-state index in [0.29, 0.717) is 21.4 Å². The third-order valence-corrected chi connectivity index (χ3v) is 5.03. The van der Waals surface area contributed by atoms with Gasteiger partial charge in [0.1, 0.15) is 11.8 Å². The van der Waals surface area contributed by atoms with Crippen LogP contribution >= 0.6 is 23.2 Å². The summed E-state index contributed by atoms with van der Waals surface area (Å²) < 4.78 is 5.13. The number of nitrogens with one attached hydrogen (secondary N) is 1. The molecule has 1 N–H and O–H groups in total. The number of hydrogen-bond acceptors (Lipinski definition) is 3. The third-order valence-electron chi connectivity index (χ3n) is 4.32. The summed E-state index contributed by atoms with van der Waals surface area (Å²) in [7, 11) is 3.12. The van der Waals surface area contributed by atoms with Crippen molar-refractivity contribution in [3.63, 3.8) is 0 Å². The molecule has 2 amide bonds. The average Bonchev–Trinajstić information content (AvgIpc) is 2.67. The van der Waals surface area contributed by atoms with E-state index >= 15 is 0 Å². The van der Waals surface area contributed by atoms with E-state index in [1.807, 2.05) is 12.1 Å². The normalized spacial score (nSPS) is 11.6. The van der Waals surface area contributed by atoms with Gasteiger partial charge in [-0.1, -0.05) is 41.4 Å². The van der Waals surface area contributed by atoms with Crippen LogP contribution in [0.25, 0.3) is 0 Å². The lowest BCUT2D eigenvalue weighted by atomic mass is 10.1. The molecule has 2 rings (SSSR count). The lowest BCUT2D eigenvalue weighted by Crippen LogP contribution is -2.47. The first-order valence-electron chi connectivity index (χ1n) is 8.44. The van der Waals surface area contributed by atoms with Gasteiger partial charge >= 0.3 is 0 Å². The van der Waals surface area contributed by atoms with Crippen molar-refractivity contribution < 1.29 is 14.3 Å². The summed E-state index contributed by atoms with van der Waals surface area (Å²) in [4.78, 5) is 26.6. The van der Waals surface area contributed by atoms with Crippen LogP contribution in [0.4, 0.5) is 0 Å². The molecule has 27 heavy (non-hydrogen) atoms. The molecule has 2 aromatic rings. The fraction of sp³-hybridized carbons (Fsp3) is 0.300. The quantitative estimate of drug-likeness (QED) is 0.759. The Labute approximate surface area is 169 Å². The van der Waals surface area contributed by atoms with Crippen molar-refractivity contribution in [3.05, 3.63) is 63.6 Å². The summed E-state index contributed by atoms with van der Waals surface area (Å²) in [5, 5.41) is 3.48. The molecule has 0 aliphatic heterocycles. The van der Waals surface area contributed by atoms with Crippen LogP contribution in [0.2, 0.25) is 10.0 Å². The van der Waals surface area contributed by atoms with E-state index in [1.54, 1.807) is 44.4 Å². The summed E-state index contributed by atoms with van der Waals surface area (Å²) in [6.07, 6.45) is 0.146. The van der Waals surface area contributed by atoms with E-state index in [4.69, 9.17) is 27.9 Å². The van der Waals surface area contributed by atoms with Crippen molar-refractivity contribution in [3.8, 4) is 5.75 Å². The number of halogens is 2. The molecule has 0 saturated carbocycles. The largest absolute Gasteiger partial charge is 0.497 e. The number of benzene rings is 2. The molecule has 2 aromatic carbocycles. The minimum Gasteiger partial charge on any atom is -0.497 e. The Hall–Kier alpha value is -2.24. The summed E-state index contributed by atoms with van der Waals surface area (Å²) in [6.45, 7) is 1.82. The molecule has 0 unspecified atom stereocenters. The van der Waals surface area contributed by atoms with Gasteiger partial charge in [-0.05, 0) is 36.8 Å². The standard InChI is InChI=1S/C20H22Cl2N2O3/c1-13(20(26)23-2)24(12-16-17(21)5-4-6-18(16)22)19(25)11-14-7-9-15(27-3)10-8-14/h4-10,13H,11-12H2,1-3H3,(H,23,26)/t13-/m1/s1. The molecule has 0 aromatic heterocycles. The maximum atomic E-state index is 13.0. The van der Waals surface area contributed by atoms with Crippen molar-refractivity contribution in [1.29, 1.82) is 0 Å². The first-order valence-corrected chi connectivity index (χ1v) is 9.19. The second-order valence-electron chi connectivity index (χ2n) is 6.04. The van der Waals surface area contributed by atoms with Crippen LogP contribution in [-0.4, -0.2) is 36.9 Å². The van der Waals surface area contributed by atoms with Crippen LogP contribution in [0, 0.1) is 0 Å². The molecule has 7 heteroatoms. The molecule has 144 valence electrons. The molecule has 0 aliphatic carbocycles. The van der Waals surface area contributed by atoms with Crippen molar-refractivity contribution in [2.24, 2.45) is 0 Å². The van der Waals surface area contributed by atoms with E-state index in [2.05, 4.69) is 5.32 Å². The summed E-state index contributed by atoms with van der Waals surface area (Å²) in [5.41, 5.74) is 1.43. The van der Waals surface area contributed by atoms with Crippen LogP contribution in [0.15, 0.2) is 42.5 Å². The molecule has 0 heterocycles. The molecule has 0 bridgehead atoms. The smallest absolute Gasteiger partial charge is 0.242 e. The Bertz CT molecular complexity index is 789. The van der Waals surface area contributed by atoms with Gasteiger partial charge in [0.25, 0.3) is 0 Å². The van der Waals surface area contributed by atoms with Crippen LogP contribution in [0.3, 0.4) is 0 Å².